The molecular formula is C13H16BrNO. The maximum Gasteiger partial charge on any atom is 0.138 e. The second-order valence-electron chi connectivity index (χ2n) is 4.01. The van der Waals surface area contributed by atoms with Gasteiger partial charge in [-0.25, -0.2) is 0 Å². The Hall–Kier alpha value is -0.800. The lowest BCUT2D eigenvalue weighted by atomic mass is 10.1. The topological polar surface area (TPSA) is 25.2 Å². The normalized spacial score (nSPS) is 13.2. The van der Waals surface area contributed by atoms with Gasteiger partial charge in [-0.2, -0.15) is 0 Å². The number of benzene rings is 1. The Kier molecular flexibility index (Phi) is 3.36. The largest absolute Gasteiger partial charge is 0.459 e. The number of hydrogen-bond donors (Lipinski definition) is 1. The molecule has 0 amide bonds. The van der Waals surface area contributed by atoms with Crippen molar-refractivity contribution in [3.8, 4) is 0 Å². The Morgan fingerprint density at radius 3 is 2.75 bits per heavy atom. The summed E-state index contributed by atoms with van der Waals surface area (Å²) in [5, 5.41) is 4.42. The fraction of sp³-hybridized carbons (Fsp3) is 0.385. The zero-order valence-electron chi connectivity index (χ0n) is 9.80. The predicted octanol–water partition coefficient (Wildman–Crippen LogP) is 4.17. The Morgan fingerprint density at radius 2 is 2.19 bits per heavy atom. The number of hydrogen-bond acceptors (Lipinski definition) is 2. The first-order chi connectivity index (χ1) is 7.67. The van der Waals surface area contributed by atoms with Crippen molar-refractivity contribution in [1.82, 2.24) is 5.32 Å². The molecule has 0 spiro atoms. The number of halogens is 1. The summed E-state index contributed by atoms with van der Waals surface area (Å²) in [4.78, 5) is 0. The van der Waals surface area contributed by atoms with Gasteiger partial charge in [0.2, 0.25) is 0 Å². The van der Waals surface area contributed by atoms with E-state index in [2.05, 4.69) is 53.3 Å². The van der Waals surface area contributed by atoms with E-state index in [0.717, 1.165) is 27.6 Å². The highest BCUT2D eigenvalue weighted by Gasteiger charge is 2.14. The fourth-order valence-electron chi connectivity index (χ4n) is 1.96. The number of furan rings is 1. The number of aryl methyl sites for hydroxylation is 1. The SMILES string of the molecule is CCC(NC)c1cc2c(Br)ccc(C)c2o1. The van der Waals surface area contributed by atoms with E-state index in [-0.39, 0.29) is 0 Å². The van der Waals surface area contributed by atoms with Gasteiger partial charge in [0.25, 0.3) is 0 Å². The molecule has 0 aliphatic carbocycles. The highest BCUT2D eigenvalue weighted by atomic mass is 79.9. The van der Waals surface area contributed by atoms with Gasteiger partial charge < -0.3 is 9.73 Å². The van der Waals surface area contributed by atoms with Crippen LogP contribution < -0.4 is 5.32 Å². The first-order valence-electron chi connectivity index (χ1n) is 5.53. The lowest BCUT2D eigenvalue weighted by Gasteiger charge is -2.09. The van der Waals surface area contributed by atoms with Gasteiger partial charge in [0.15, 0.2) is 0 Å². The minimum atomic E-state index is 0.290. The van der Waals surface area contributed by atoms with Gasteiger partial charge in [-0.15, -0.1) is 0 Å². The Morgan fingerprint density at radius 1 is 1.44 bits per heavy atom. The zero-order chi connectivity index (χ0) is 11.7. The fourth-order valence-corrected chi connectivity index (χ4v) is 2.39. The molecule has 0 radical (unpaired) electrons. The van der Waals surface area contributed by atoms with E-state index >= 15 is 0 Å². The van der Waals surface area contributed by atoms with Crippen LogP contribution in [0.15, 0.2) is 27.1 Å². The van der Waals surface area contributed by atoms with Crippen molar-refractivity contribution < 1.29 is 4.42 Å². The first kappa shape index (κ1) is 11.7. The quantitative estimate of drug-likeness (QED) is 0.913. The van der Waals surface area contributed by atoms with Crippen molar-refractivity contribution >= 4 is 26.9 Å². The van der Waals surface area contributed by atoms with E-state index in [0.29, 0.717) is 6.04 Å². The van der Waals surface area contributed by atoms with Crippen LogP contribution in [-0.2, 0) is 0 Å². The van der Waals surface area contributed by atoms with Crippen LogP contribution in [0.2, 0.25) is 0 Å². The summed E-state index contributed by atoms with van der Waals surface area (Å²) in [5.74, 6) is 1.01. The summed E-state index contributed by atoms with van der Waals surface area (Å²) in [6, 6.07) is 6.55. The maximum absolute atomic E-state index is 5.93. The van der Waals surface area contributed by atoms with Crippen LogP contribution in [0.4, 0.5) is 0 Å². The van der Waals surface area contributed by atoms with Crippen molar-refractivity contribution in [3.05, 3.63) is 34.0 Å². The molecule has 1 atom stereocenters. The third-order valence-electron chi connectivity index (χ3n) is 2.95. The molecule has 0 bridgehead atoms. The van der Waals surface area contributed by atoms with Crippen LogP contribution in [0, 0.1) is 6.92 Å². The smallest absolute Gasteiger partial charge is 0.138 e. The van der Waals surface area contributed by atoms with Crippen molar-refractivity contribution in [2.45, 2.75) is 26.3 Å². The molecule has 0 aliphatic rings. The summed E-state index contributed by atoms with van der Waals surface area (Å²) >= 11 is 3.56. The summed E-state index contributed by atoms with van der Waals surface area (Å²) in [7, 11) is 1.96. The molecule has 86 valence electrons. The average molecular weight is 282 g/mol. The predicted molar refractivity (Wildman–Crippen MR) is 70.7 cm³/mol. The van der Waals surface area contributed by atoms with Gasteiger partial charge in [-0.1, -0.05) is 28.9 Å². The molecule has 1 aromatic carbocycles. The van der Waals surface area contributed by atoms with E-state index in [1.165, 1.54) is 5.56 Å². The number of fused-ring (bicyclic) bond motifs is 1. The average Bonchev–Trinajstić information content (AvgIpc) is 2.71. The van der Waals surface area contributed by atoms with E-state index in [1.807, 2.05) is 7.05 Å². The summed E-state index contributed by atoms with van der Waals surface area (Å²) < 4.78 is 7.02. The Labute approximate surface area is 104 Å². The van der Waals surface area contributed by atoms with Crippen molar-refractivity contribution in [3.63, 3.8) is 0 Å². The molecule has 3 heteroatoms. The van der Waals surface area contributed by atoms with Gasteiger partial charge >= 0.3 is 0 Å². The van der Waals surface area contributed by atoms with Crippen LogP contribution >= 0.6 is 15.9 Å². The van der Waals surface area contributed by atoms with Crippen molar-refractivity contribution in [2.75, 3.05) is 7.05 Å². The highest BCUT2D eigenvalue weighted by Crippen LogP contribution is 2.32. The standard InChI is InChI=1S/C13H16BrNO/c1-4-11(15-3)12-7-9-10(14)6-5-8(2)13(9)16-12/h5-7,11,15H,4H2,1-3H3. The monoisotopic (exact) mass is 281 g/mol. The van der Waals surface area contributed by atoms with E-state index in [4.69, 9.17) is 4.42 Å². The first-order valence-corrected chi connectivity index (χ1v) is 6.32. The van der Waals surface area contributed by atoms with Crippen LogP contribution in [0.5, 0.6) is 0 Å². The van der Waals surface area contributed by atoms with Gasteiger partial charge in [0.1, 0.15) is 11.3 Å². The molecule has 2 aromatic rings. The van der Waals surface area contributed by atoms with E-state index in [1.54, 1.807) is 0 Å². The van der Waals surface area contributed by atoms with Gasteiger partial charge in [-0.05, 0) is 38.1 Å². The van der Waals surface area contributed by atoms with Crippen LogP contribution in [0.1, 0.15) is 30.7 Å². The lowest BCUT2D eigenvalue weighted by Crippen LogP contribution is -2.14. The molecule has 2 rings (SSSR count). The highest BCUT2D eigenvalue weighted by molar-refractivity contribution is 9.10. The number of nitrogens with one attached hydrogen (secondary N) is 1. The minimum absolute atomic E-state index is 0.290. The molecule has 0 saturated carbocycles. The second-order valence-corrected chi connectivity index (χ2v) is 4.86. The molecule has 1 heterocycles. The lowest BCUT2D eigenvalue weighted by molar-refractivity contribution is 0.443. The second kappa shape index (κ2) is 4.60. The zero-order valence-corrected chi connectivity index (χ0v) is 11.4. The number of rotatable bonds is 3. The molecule has 1 aromatic heterocycles. The van der Waals surface area contributed by atoms with Crippen LogP contribution in [-0.4, -0.2) is 7.05 Å². The molecule has 0 saturated heterocycles. The minimum Gasteiger partial charge on any atom is -0.459 e. The summed E-state index contributed by atoms with van der Waals surface area (Å²) in [6.07, 6.45) is 1.02. The molecule has 0 fully saturated rings. The van der Waals surface area contributed by atoms with Gasteiger partial charge in [0.05, 0.1) is 6.04 Å². The van der Waals surface area contributed by atoms with Crippen LogP contribution in [0.25, 0.3) is 11.0 Å². The third kappa shape index (κ3) is 1.89. The molecule has 2 nitrogen and oxygen atoms in total. The van der Waals surface area contributed by atoms with Crippen molar-refractivity contribution in [2.24, 2.45) is 0 Å². The van der Waals surface area contributed by atoms with Crippen molar-refractivity contribution in [1.29, 1.82) is 0 Å². The maximum atomic E-state index is 5.93. The molecular weight excluding hydrogens is 266 g/mol. The van der Waals surface area contributed by atoms with E-state index < -0.39 is 0 Å². The Bertz CT molecular complexity index is 461. The molecule has 0 aliphatic heterocycles. The third-order valence-corrected chi connectivity index (χ3v) is 3.64. The van der Waals surface area contributed by atoms with E-state index in [9.17, 15) is 0 Å². The van der Waals surface area contributed by atoms with Gasteiger partial charge in [-0.3, -0.25) is 0 Å². The van der Waals surface area contributed by atoms with Crippen LogP contribution in [0.3, 0.4) is 0 Å². The van der Waals surface area contributed by atoms with Gasteiger partial charge in [0, 0.05) is 9.86 Å². The Balaban J connectivity index is 2.59. The summed E-state index contributed by atoms with van der Waals surface area (Å²) in [5.41, 5.74) is 2.16. The molecule has 16 heavy (non-hydrogen) atoms. The molecule has 1 unspecified atom stereocenters. The molecule has 1 N–H and O–H groups in total. The summed E-state index contributed by atoms with van der Waals surface area (Å²) in [6.45, 7) is 4.22.